The molecule has 3 rings (SSSR count). The molecule has 2 fully saturated rings. The summed E-state index contributed by atoms with van der Waals surface area (Å²) in [4.78, 5) is 0. The number of hydrogen-bond acceptors (Lipinski definition) is 2. The molecule has 4 atom stereocenters. The maximum absolute atomic E-state index is 3.06. The smallest absolute Gasteiger partial charge is 0.119 e. The van der Waals surface area contributed by atoms with E-state index in [4.69, 9.17) is 0 Å². The summed E-state index contributed by atoms with van der Waals surface area (Å²) in [6.45, 7) is 47.9. The number of benzene rings is 1. The Morgan fingerprint density at radius 1 is 0.457 bits per heavy atom. The molecular weight excluding hydrogens is 589 g/mol. The van der Waals surface area contributed by atoms with E-state index in [0.717, 1.165) is 36.8 Å². The Bertz CT molecular complexity index is 965. The van der Waals surface area contributed by atoms with E-state index in [1.807, 2.05) is 0 Å². The number of hydrogen-bond donors (Lipinski definition) is 0. The third-order valence-electron chi connectivity index (χ3n) is 12.3. The molecule has 2 nitrogen and oxygen atoms in total. The second-order valence-electron chi connectivity index (χ2n) is 22.1. The highest BCUT2D eigenvalue weighted by molar-refractivity contribution is 6.73. The molecule has 0 N–H and O–H groups in total. The quantitative estimate of drug-likeness (QED) is 0.254. The molecule has 4 unspecified atom stereocenters. The highest BCUT2D eigenvalue weighted by atomic mass is 28.3. The van der Waals surface area contributed by atoms with Gasteiger partial charge in [-0.25, -0.2) is 0 Å². The minimum atomic E-state index is -1.61. The van der Waals surface area contributed by atoms with E-state index < -0.39 is 16.5 Å². The van der Waals surface area contributed by atoms with E-state index in [9.17, 15) is 0 Å². The summed E-state index contributed by atoms with van der Waals surface area (Å²) in [6.07, 6.45) is 8.27. The number of rotatable bonds is 8. The Hall–Kier alpha value is -0.426. The van der Waals surface area contributed by atoms with Gasteiger partial charge in [0.15, 0.2) is 0 Å². The first-order chi connectivity index (χ1) is 20.6. The average Bonchev–Trinajstić information content (AvgIpc) is 2.87. The Morgan fingerprint density at radius 3 is 0.848 bits per heavy atom. The predicted molar refractivity (Wildman–Crippen MR) is 211 cm³/mol. The van der Waals surface area contributed by atoms with Crippen LogP contribution in [0.3, 0.4) is 0 Å². The van der Waals surface area contributed by atoms with Gasteiger partial charge in [0.1, 0.15) is 16.5 Å². The van der Waals surface area contributed by atoms with Crippen molar-refractivity contribution >= 4 is 16.5 Å². The molecule has 46 heavy (non-hydrogen) atoms. The molecule has 1 aromatic rings. The molecule has 4 heteroatoms. The van der Waals surface area contributed by atoms with Gasteiger partial charge < -0.3 is 9.13 Å². The van der Waals surface area contributed by atoms with Crippen LogP contribution in [0.25, 0.3) is 0 Å². The molecule has 2 aliphatic carbocycles. The van der Waals surface area contributed by atoms with E-state index in [-0.39, 0.29) is 0 Å². The van der Waals surface area contributed by atoms with Gasteiger partial charge in [-0.1, -0.05) is 159 Å². The molecule has 0 radical (unpaired) electrons. The molecular formula is C42H80N2Si2. The summed E-state index contributed by atoms with van der Waals surface area (Å²) in [5.41, 5.74) is 4.32. The van der Waals surface area contributed by atoms with Crippen molar-refractivity contribution in [2.24, 2.45) is 45.3 Å². The highest BCUT2D eigenvalue weighted by Crippen LogP contribution is 2.51. The topological polar surface area (TPSA) is 6.48 Å². The van der Waals surface area contributed by atoms with Crippen molar-refractivity contribution in [3.63, 3.8) is 0 Å². The molecule has 1 aromatic carbocycles. The van der Waals surface area contributed by atoms with Crippen molar-refractivity contribution in [2.75, 3.05) is 0 Å². The minimum Gasteiger partial charge on any atom is -0.317 e. The highest BCUT2D eigenvalue weighted by Gasteiger charge is 2.50. The lowest BCUT2D eigenvalue weighted by Gasteiger charge is -2.56. The van der Waals surface area contributed by atoms with Crippen LogP contribution in [0.15, 0.2) is 24.3 Å². The van der Waals surface area contributed by atoms with Gasteiger partial charge in [0.25, 0.3) is 0 Å². The second-order valence-corrected chi connectivity index (χ2v) is 32.0. The van der Waals surface area contributed by atoms with Crippen molar-refractivity contribution in [3.8, 4) is 0 Å². The molecule has 0 heterocycles. The molecule has 2 aliphatic rings. The lowest BCUT2D eigenvalue weighted by molar-refractivity contribution is -0.00834. The van der Waals surface area contributed by atoms with Crippen LogP contribution in [0.2, 0.25) is 39.3 Å². The van der Waals surface area contributed by atoms with Gasteiger partial charge in [0.2, 0.25) is 0 Å². The van der Waals surface area contributed by atoms with Gasteiger partial charge in [-0.2, -0.15) is 0 Å². The van der Waals surface area contributed by atoms with E-state index in [1.165, 1.54) is 49.7 Å². The molecule has 0 aliphatic heterocycles. The Kier molecular flexibility index (Phi) is 12.2. The van der Waals surface area contributed by atoms with Gasteiger partial charge in [0, 0.05) is 25.2 Å². The Balaban J connectivity index is 1.98. The summed E-state index contributed by atoms with van der Waals surface area (Å²) in [5, 5.41) is 0. The summed E-state index contributed by atoms with van der Waals surface area (Å²) >= 11 is 0. The van der Waals surface area contributed by atoms with Crippen LogP contribution in [0.4, 0.5) is 0 Å². The third-order valence-corrected chi connectivity index (χ3v) is 16.7. The molecule has 2 saturated carbocycles. The maximum atomic E-state index is 3.06. The predicted octanol–water partition coefficient (Wildman–Crippen LogP) is 12.7. The Morgan fingerprint density at radius 2 is 0.674 bits per heavy atom. The van der Waals surface area contributed by atoms with Gasteiger partial charge in [-0.05, 0) is 82.1 Å². The van der Waals surface area contributed by atoms with Gasteiger partial charge in [-0.15, -0.1) is 0 Å². The maximum Gasteiger partial charge on any atom is 0.119 e. The summed E-state index contributed by atoms with van der Waals surface area (Å²) < 4.78 is 6.12. The van der Waals surface area contributed by atoms with Crippen molar-refractivity contribution in [3.05, 3.63) is 35.4 Å². The fourth-order valence-corrected chi connectivity index (χ4v) is 13.6. The monoisotopic (exact) mass is 669 g/mol. The first kappa shape index (κ1) is 40.0. The molecule has 0 spiro atoms. The van der Waals surface area contributed by atoms with Crippen LogP contribution in [0.1, 0.15) is 133 Å². The van der Waals surface area contributed by atoms with Crippen molar-refractivity contribution < 1.29 is 0 Å². The SMILES string of the molecule is CC(C)(C)C1CCCC(C(C)(C)C)C1N(Cc1ccc(CN(C2C(C(C)(C)C)CCCC2C(C)(C)C)[Si](C)(C)C)cc1)[Si](C)(C)C. The van der Waals surface area contributed by atoms with E-state index in [1.54, 1.807) is 0 Å². The minimum absolute atomic E-state index is 0.325. The molecule has 0 amide bonds. The fraction of sp³-hybridized carbons (Fsp3) is 0.857. The fourth-order valence-electron chi connectivity index (χ4n) is 9.73. The summed E-state index contributed by atoms with van der Waals surface area (Å²) in [6, 6.07) is 11.3. The van der Waals surface area contributed by atoms with Crippen LogP contribution >= 0.6 is 0 Å². The first-order valence-corrected chi connectivity index (χ1v) is 26.1. The van der Waals surface area contributed by atoms with Crippen LogP contribution in [-0.4, -0.2) is 37.7 Å². The van der Waals surface area contributed by atoms with Crippen LogP contribution in [0.5, 0.6) is 0 Å². The first-order valence-electron chi connectivity index (χ1n) is 19.2. The zero-order valence-electron chi connectivity index (χ0n) is 34.3. The lowest BCUT2D eigenvalue weighted by atomic mass is 9.60. The Labute approximate surface area is 291 Å². The summed E-state index contributed by atoms with van der Waals surface area (Å²) in [7, 11) is -3.21. The average molecular weight is 669 g/mol. The van der Waals surface area contributed by atoms with E-state index in [0.29, 0.717) is 33.7 Å². The molecule has 0 saturated heterocycles. The zero-order valence-corrected chi connectivity index (χ0v) is 36.3. The third kappa shape index (κ3) is 9.84. The largest absolute Gasteiger partial charge is 0.317 e. The van der Waals surface area contributed by atoms with Crippen LogP contribution < -0.4 is 0 Å². The van der Waals surface area contributed by atoms with E-state index in [2.05, 4.69) is 156 Å². The normalized spacial score (nSPS) is 27.8. The lowest BCUT2D eigenvalue weighted by Crippen LogP contribution is -2.61. The van der Waals surface area contributed by atoms with Gasteiger partial charge in [-0.3, -0.25) is 0 Å². The standard InChI is InChI=1S/C42H80N2Si2/c1-39(2,3)33-21-19-22-34(40(4,5)6)37(33)43(45(13,14)15)29-31-25-27-32(28-26-31)30-44(46(16,17)18)38-35(41(7,8)9)23-20-24-36(38)42(10,11)12/h25-28,33-38H,19-24,29-30H2,1-18H3. The van der Waals surface area contributed by atoms with Crippen molar-refractivity contribution in [1.29, 1.82) is 0 Å². The summed E-state index contributed by atoms with van der Waals surface area (Å²) in [5.74, 6) is 2.96. The van der Waals surface area contributed by atoms with Crippen LogP contribution in [-0.2, 0) is 13.1 Å². The molecule has 0 aromatic heterocycles. The molecule has 0 bridgehead atoms. The second kappa shape index (κ2) is 14.1. The van der Waals surface area contributed by atoms with Crippen LogP contribution in [0, 0.1) is 45.3 Å². The van der Waals surface area contributed by atoms with Gasteiger partial charge >= 0.3 is 0 Å². The van der Waals surface area contributed by atoms with Crippen molar-refractivity contribution in [1.82, 2.24) is 9.13 Å². The van der Waals surface area contributed by atoms with Crippen molar-refractivity contribution in [2.45, 2.75) is 186 Å². The zero-order chi connectivity index (χ0) is 35.3. The van der Waals surface area contributed by atoms with E-state index >= 15 is 0 Å². The van der Waals surface area contributed by atoms with Gasteiger partial charge in [0.05, 0.1) is 0 Å². The molecule has 266 valence electrons. The number of nitrogens with zero attached hydrogens (tertiary/aromatic N) is 2.